The Kier molecular flexibility index (Phi) is 1.89. The third-order valence-electron chi connectivity index (χ3n) is 2.86. The molecule has 0 radical (unpaired) electrons. The van der Waals surface area contributed by atoms with Gasteiger partial charge in [0.15, 0.2) is 0 Å². The van der Waals surface area contributed by atoms with Gasteiger partial charge >= 0.3 is 0 Å². The van der Waals surface area contributed by atoms with Crippen LogP contribution in [0.4, 0.5) is 0 Å². The third kappa shape index (κ3) is 1.43. The summed E-state index contributed by atoms with van der Waals surface area (Å²) in [6.07, 6.45) is 6.44. The Morgan fingerprint density at radius 2 is 2.00 bits per heavy atom. The minimum absolute atomic E-state index is 0.879. The Morgan fingerprint density at radius 3 is 2.62 bits per heavy atom. The highest BCUT2D eigenvalue weighted by atomic mass is 15.3. The van der Waals surface area contributed by atoms with E-state index in [1.807, 2.05) is 24.0 Å². The van der Waals surface area contributed by atoms with Crippen molar-refractivity contribution < 1.29 is 0 Å². The van der Waals surface area contributed by atoms with Crippen molar-refractivity contribution >= 4 is 5.57 Å². The largest absolute Gasteiger partial charge is 0.266 e. The highest BCUT2D eigenvalue weighted by molar-refractivity contribution is 5.80. The fraction of sp³-hybridized carbons (Fsp3) is 0.250. The lowest BCUT2D eigenvalue weighted by Gasteiger charge is -2.01. The molecule has 0 amide bonds. The Balaban J connectivity index is 2.06. The second kappa shape index (κ2) is 3.27. The van der Waals surface area contributed by atoms with Crippen molar-refractivity contribution in [3.05, 3.63) is 35.9 Å². The minimum Gasteiger partial charge on any atom is -0.266 e. The summed E-state index contributed by atoms with van der Waals surface area (Å²) in [5.41, 5.74) is 5.61. The first-order valence-electron chi connectivity index (χ1n) is 5.25. The third-order valence-corrected chi connectivity index (χ3v) is 2.86. The predicted molar refractivity (Wildman–Crippen MR) is 61.4 cm³/mol. The summed E-state index contributed by atoms with van der Waals surface area (Å²) >= 11 is 0. The van der Waals surface area contributed by atoms with Crippen molar-refractivity contribution in [2.75, 3.05) is 0 Å². The van der Waals surface area contributed by atoms with E-state index < -0.39 is 0 Å². The molecule has 0 unspecified atom stereocenters. The zero-order chi connectivity index (χ0) is 11.1. The molecule has 16 heavy (non-hydrogen) atoms. The number of hydrogen-bond donors (Lipinski definition) is 0. The number of allylic oxidation sites excluding steroid dienone is 2. The Bertz CT molecular complexity index is 580. The minimum atomic E-state index is 0.879. The second-order valence-corrected chi connectivity index (χ2v) is 4.07. The average molecular weight is 212 g/mol. The SMILES string of the molecule is CC1=C(c2cncc(-c3ccnn3C)n2)C1. The predicted octanol–water partition coefficient (Wildman–Crippen LogP) is 2.05. The van der Waals surface area contributed by atoms with Gasteiger partial charge in [0.1, 0.15) is 5.69 Å². The first-order valence-corrected chi connectivity index (χ1v) is 5.25. The van der Waals surface area contributed by atoms with Crippen LogP contribution in [0, 0.1) is 0 Å². The van der Waals surface area contributed by atoms with Crippen LogP contribution in [0.5, 0.6) is 0 Å². The molecule has 0 spiro atoms. The first kappa shape index (κ1) is 9.27. The van der Waals surface area contributed by atoms with Crippen LogP contribution in [0.3, 0.4) is 0 Å². The smallest absolute Gasteiger partial charge is 0.107 e. The molecule has 0 bridgehead atoms. The van der Waals surface area contributed by atoms with Gasteiger partial charge in [0.2, 0.25) is 0 Å². The molecule has 2 aromatic heterocycles. The quantitative estimate of drug-likeness (QED) is 0.765. The van der Waals surface area contributed by atoms with E-state index in [0.717, 1.165) is 23.5 Å². The fourth-order valence-electron chi connectivity index (χ4n) is 1.79. The summed E-state index contributed by atoms with van der Waals surface area (Å²) in [6.45, 7) is 2.13. The van der Waals surface area contributed by atoms with Crippen LogP contribution in [0.25, 0.3) is 17.0 Å². The summed E-state index contributed by atoms with van der Waals surface area (Å²) in [4.78, 5) is 8.85. The molecule has 0 saturated heterocycles. The summed E-state index contributed by atoms with van der Waals surface area (Å²) in [6, 6.07) is 1.95. The summed E-state index contributed by atoms with van der Waals surface area (Å²) in [5.74, 6) is 0. The van der Waals surface area contributed by atoms with Crippen molar-refractivity contribution in [1.82, 2.24) is 19.7 Å². The number of nitrogens with zero attached hydrogens (tertiary/aromatic N) is 4. The van der Waals surface area contributed by atoms with Crippen LogP contribution in [-0.4, -0.2) is 19.7 Å². The standard InChI is InChI=1S/C12H12N4/c1-8-5-9(8)10-6-13-7-11(15-10)12-3-4-14-16(12)2/h3-4,6-7H,5H2,1-2H3. The van der Waals surface area contributed by atoms with Crippen molar-refractivity contribution in [3.8, 4) is 11.4 Å². The van der Waals surface area contributed by atoms with Gasteiger partial charge < -0.3 is 0 Å². The van der Waals surface area contributed by atoms with Gasteiger partial charge in [0.25, 0.3) is 0 Å². The Hall–Kier alpha value is -1.97. The maximum Gasteiger partial charge on any atom is 0.107 e. The van der Waals surface area contributed by atoms with Gasteiger partial charge in [-0.1, -0.05) is 5.57 Å². The first-order chi connectivity index (χ1) is 7.75. The molecule has 0 saturated carbocycles. The molecule has 4 nitrogen and oxygen atoms in total. The topological polar surface area (TPSA) is 43.6 Å². The van der Waals surface area contributed by atoms with E-state index in [2.05, 4.69) is 22.0 Å². The van der Waals surface area contributed by atoms with Gasteiger partial charge in [-0.05, 0) is 25.0 Å². The molecule has 0 aliphatic heterocycles. The molecule has 0 aromatic carbocycles. The lowest BCUT2D eigenvalue weighted by atomic mass is 10.3. The molecule has 1 aliphatic carbocycles. The molecule has 0 atom stereocenters. The Morgan fingerprint density at radius 1 is 1.25 bits per heavy atom. The molecule has 80 valence electrons. The van der Waals surface area contributed by atoms with Gasteiger partial charge in [-0.2, -0.15) is 5.10 Å². The van der Waals surface area contributed by atoms with E-state index in [-0.39, 0.29) is 0 Å². The summed E-state index contributed by atoms with van der Waals surface area (Å²) in [5, 5.41) is 4.13. The average Bonchev–Trinajstić information content (AvgIpc) is 2.86. The van der Waals surface area contributed by atoms with Gasteiger partial charge in [-0.3, -0.25) is 9.67 Å². The highest BCUT2D eigenvalue weighted by Crippen LogP contribution is 2.38. The van der Waals surface area contributed by atoms with E-state index >= 15 is 0 Å². The lowest BCUT2D eigenvalue weighted by Crippen LogP contribution is -1.97. The molecule has 2 aromatic rings. The summed E-state index contributed by atoms with van der Waals surface area (Å²) in [7, 11) is 1.91. The van der Waals surface area contributed by atoms with E-state index in [9.17, 15) is 0 Å². The van der Waals surface area contributed by atoms with Crippen LogP contribution < -0.4 is 0 Å². The van der Waals surface area contributed by atoms with Crippen LogP contribution in [0.1, 0.15) is 19.0 Å². The zero-order valence-electron chi connectivity index (χ0n) is 9.31. The van der Waals surface area contributed by atoms with Gasteiger partial charge in [-0.15, -0.1) is 0 Å². The molecule has 0 N–H and O–H groups in total. The zero-order valence-corrected chi connectivity index (χ0v) is 9.31. The fourth-order valence-corrected chi connectivity index (χ4v) is 1.79. The molecule has 3 rings (SSSR count). The number of aryl methyl sites for hydroxylation is 1. The molecular weight excluding hydrogens is 200 g/mol. The number of hydrogen-bond acceptors (Lipinski definition) is 3. The molecule has 2 heterocycles. The van der Waals surface area contributed by atoms with Crippen molar-refractivity contribution in [2.24, 2.45) is 7.05 Å². The summed E-state index contributed by atoms with van der Waals surface area (Å²) < 4.78 is 1.81. The van der Waals surface area contributed by atoms with Gasteiger partial charge in [0.05, 0.1) is 23.8 Å². The molecule has 1 aliphatic rings. The van der Waals surface area contributed by atoms with Crippen LogP contribution >= 0.6 is 0 Å². The second-order valence-electron chi connectivity index (χ2n) is 4.07. The van der Waals surface area contributed by atoms with E-state index in [1.54, 1.807) is 12.4 Å². The van der Waals surface area contributed by atoms with Crippen molar-refractivity contribution in [2.45, 2.75) is 13.3 Å². The highest BCUT2D eigenvalue weighted by Gasteiger charge is 2.20. The normalized spacial score (nSPS) is 14.4. The lowest BCUT2D eigenvalue weighted by molar-refractivity contribution is 0.772. The Labute approximate surface area is 93.7 Å². The van der Waals surface area contributed by atoms with E-state index in [4.69, 9.17) is 0 Å². The van der Waals surface area contributed by atoms with Crippen LogP contribution in [0.2, 0.25) is 0 Å². The molecule has 4 heteroatoms. The molecule has 0 fully saturated rings. The van der Waals surface area contributed by atoms with E-state index in [1.165, 1.54) is 11.1 Å². The van der Waals surface area contributed by atoms with Crippen LogP contribution in [-0.2, 0) is 7.05 Å². The maximum absolute atomic E-state index is 4.61. The number of aromatic nitrogens is 4. The van der Waals surface area contributed by atoms with Gasteiger partial charge in [0, 0.05) is 13.2 Å². The van der Waals surface area contributed by atoms with Crippen molar-refractivity contribution in [1.29, 1.82) is 0 Å². The monoisotopic (exact) mass is 212 g/mol. The maximum atomic E-state index is 4.61. The van der Waals surface area contributed by atoms with Crippen molar-refractivity contribution in [3.63, 3.8) is 0 Å². The van der Waals surface area contributed by atoms with Gasteiger partial charge in [-0.25, -0.2) is 4.98 Å². The number of rotatable bonds is 2. The van der Waals surface area contributed by atoms with E-state index in [0.29, 0.717) is 0 Å². The molecular formula is C12H12N4. The van der Waals surface area contributed by atoms with Crippen LogP contribution in [0.15, 0.2) is 30.2 Å².